The number of aromatic amines is 1. The molecule has 2 aromatic rings. The molecule has 2 aromatic heterocycles. The van der Waals surface area contributed by atoms with Gasteiger partial charge in [0.15, 0.2) is 5.65 Å². The van der Waals surface area contributed by atoms with E-state index >= 15 is 0 Å². The van der Waals surface area contributed by atoms with Crippen molar-refractivity contribution in [2.75, 3.05) is 50.5 Å². The normalized spacial score (nSPS) is 22.5. The number of nitrogens with zero attached hydrogens (tertiary/aromatic N) is 5. The Bertz CT molecular complexity index is 677. The molecule has 2 aliphatic heterocycles. The zero-order valence-corrected chi connectivity index (χ0v) is 12.7. The minimum Gasteiger partial charge on any atom is -0.372 e. The van der Waals surface area contributed by atoms with Gasteiger partial charge in [0.1, 0.15) is 5.82 Å². The van der Waals surface area contributed by atoms with Crippen molar-refractivity contribution in [1.29, 1.82) is 0 Å². The highest BCUT2D eigenvalue weighted by atomic mass is 16.5. The Morgan fingerprint density at radius 3 is 2.86 bits per heavy atom. The number of ether oxygens (including phenoxy) is 1. The number of fused-ring (bicyclic) bond motifs is 1. The van der Waals surface area contributed by atoms with E-state index in [1.54, 1.807) is 6.20 Å². The van der Waals surface area contributed by atoms with Gasteiger partial charge in [0, 0.05) is 26.2 Å². The lowest BCUT2D eigenvalue weighted by Gasteiger charge is -2.46. The number of nitrogens with one attached hydrogen (secondary N) is 1. The van der Waals surface area contributed by atoms with E-state index in [9.17, 15) is 0 Å². The molecule has 4 rings (SSSR count). The Labute approximate surface area is 128 Å². The maximum Gasteiger partial charge on any atom is 0.224 e. The summed E-state index contributed by atoms with van der Waals surface area (Å²) < 4.78 is 6.11. The van der Waals surface area contributed by atoms with Gasteiger partial charge in [0.2, 0.25) is 5.95 Å². The second-order valence-corrected chi connectivity index (χ2v) is 6.29. The number of nitrogens with two attached hydrogens (primary N) is 1. The van der Waals surface area contributed by atoms with Crippen LogP contribution in [0.3, 0.4) is 0 Å². The highest BCUT2D eigenvalue weighted by Gasteiger charge is 2.39. The molecule has 0 bridgehead atoms. The zero-order chi connectivity index (χ0) is 15.2. The third kappa shape index (κ3) is 2.28. The van der Waals surface area contributed by atoms with E-state index in [4.69, 9.17) is 10.5 Å². The molecule has 4 heterocycles. The molecule has 2 saturated heterocycles. The number of likely N-dealkylation sites (N-methyl/N-ethyl adjacent to an activating group) is 1. The Morgan fingerprint density at radius 1 is 1.27 bits per heavy atom. The fourth-order valence-electron chi connectivity index (χ4n) is 3.54. The SMILES string of the molecule is CN1CCOC2(CCN(c3nc(N)nc4[nH]ncc34)CC2)C1. The highest BCUT2D eigenvalue weighted by molar-refractivity contribution is 5.87. The Balaban J connectivity index is 1.57. The van der Waals surface area contributed by atoms with Crippen molar-refractivity contribution in [3.63, 3.8) is 0 Å². The molecule has 0 atom stereocenters. The quantitative estimate of drug-likeness (QED) is 0.778. The van der Waals surface area contributed by atoms with Gasteiger partial charge in [-0.15, -0.1) is 0 Å². The van der Waals surface area contributed by atoms with Crippen LogP contribution >= 0.6 is 0 Å². The van der Waals surface area contributed by atoms with Gasteiger partial charge in [-0.3, -0.25) is 5.10 Å². The fraction of sp³-hybridized carbons (Fsp3) is 0.643. The maximum atomic E-state index is 6.11. The molecule has 2 aliphatic rings. The molecular formula is C14H21N7O. The molecule has 8 heteroatoms. The van der Waals surface area contributed by atoms with Gasteiger partial charge in [-0.1, -0.05) is 0 Å². The molecule has 0 aliphatic carbocycles. The first-order valence-corrected chi connectivity index (χ1v) is 7.69. The molecule has 1 spiro atoms. The highest BCUT2D eigenvalue weighted by Crippen LogP contribution is 2.33. The standard InChI is InChI=1S/C14H21N7O/c1-20-6-7-22-14(9-20)2-4-21(5-3-14)12-10-8-16-19-11(10)17-13(15)18-12/h8H,2-7,9H2,1H3,(H3,15,16,17,18,19). The van der Waals surface area contributed by atoms with E-state index < -0.39 is 0 Å². The fourth-order valence-corrected chi connectivity index (χ4v) is 3.54. The van der Waals surface area contributed by atoms with Crippen LogP contribution in [0.4, 0.5) is 11.8 Å². The second-order valence-electron chi connectivity index (χ2n) is 6.29. The third-order valence-electron chi connectivity index (χ3n) is 4.72. The lowest BCUT2D eigenvalue weighted by Crippen LogP contribution is -2.56. The molecule has 0 radical (unpaired) electrons. The number of hydrogen-bond donors (Lipinski definition) is 2. The van der Waals surface area contributed by atoms with Crippen LogP contribution in [0.25, 0.3) is 11.0 Å². The average Bonchev–Trinajstić information content (AvgIpc) is 2.95. The van der Waals surface area contributed by atoms with Gasteiger partial charge >= 0.3 is 0 Å². The third-order valence-corrected chi connectivity index (χ3v) is 4.72. The van der Waals surface area contributed by atoms with Gasteiger partial charge in [-0.2, -0.15) is 15.1 Å². The summed E-state index contributed by atoms with van der Waals surface area (Å²) in [5.74, 6) is 1.15. The number of nitrogen functional groups attached to an aromatic ring is 1. The Kier molecular flexibility index (Phi) is 3.16. The monoisotopic (exact) mass is 303 g/mol. The summed E-state index contributed by atoms with van der Waals surface area (Å²) in [4.78, 5) is 13.2. The number of hydrogen-bond acceptors (Lipinski definition) is 7. The molecule has 0 amide bonds. The number of anilines is 2. The summed E-state index contributed by atoms with van der Waals surface area (Å²) in [6.45, 7) is 4.66. The van der Waals surface area contributed by atoms with E-state index in [2.05, 4.69) is 37.0 Å². The van der Waals surface area contributed by atoms with Crippen LogP contribution in [0.2, 0.25) is 0 Å². The van der Waals surface area contributed by atoms with Crippen molar-refractivity contribution in [1.82, 2.24) is 25.1 Å². The van der Waals surface area contributed by atoms with Crippen molar-refractivity contribution >= 4 is 22.8 Å². The topological polar surface area (TPSA) is 96.2 Å². The van der Waals surface area contributed by atoms with Crippen molar-refractivity contribution in [3.05, 3.63) is 6.20 Å². The lowest BCUT2D eigenvalue weighted by molar-refractivity contribution is -0.115. The summed E-state index contributed by atoms with van der Waals surface area (Å²) in [5, 5.41) is 7.84. The molecule has 0 saturated carbocycles. The van der Waals surface area contributed by atoms with Crippen molar-refractivity contribution in [2.45, 2.75) is 18.4 Å². The van der Waals surface area contributed by atoms with E-state index in [1.807, 2.05) is 0 Å². The van der Waals surface area contributed by atoms with Crippen molar-refractivity contribution in [3.8, 4) is 0 Å². The summed E-state index contributed by atoms with van der Waals surface area (Å²) >= 11 is 0. The first-order chi connectivity index (χ1) is 10.7. The number of H-pyrrole nitrogens is 1. The van der Waals surface area contributed by atoms with Gasteiger partial charge < -0.3 is 20.3 Å². The largest absolute Gasteiger partial charge is 0.372 e. The molecule has 3 N–H and O–H groups in total. The van der Waals surface area contributed by atoms with Crippen LogP contribution in [-0.2, 0) is 4.74 Å². The van der Waals surface area contributed by atoms with Gasteiger partial charge in [-0.05, 0) is 19.9 Å². The summed E-state index contributed by atoms with van der Waals surface area (Å²) in [7, 11) is 2.16. The van der Waals surface area contributed by atoms with Crippen molar-refractivity contribution in [2.24, 2.45) is 0 Å². The first-order valence-electron chi connectivity index (χ1n) is 7.69. The van der Waals surface area contributed by atoms with Crippen LogP contribution in [0.5, 0.6) is 0 Å². The van der Waals surface area contributed by atoms with E-state index in [0.29, 0.717) is 5.65 Å². The smallest absolute Gasteiger partial charge is 0.224 e. The molecule has 118 valence electrons. The molecule has 8 nitrogen and oxygen atoms in total. The van der Waals surface area contributed by atoms with Crippen LogP contribution in [0, 0.1) is 0 Å². The molecule has 0 unspecified atom stereocenters. The summed E-state index contributed by atoms with van der Waals surface area (Å²) in [5.41, 5.74) is 6.51. The number of morpholine rings is 1. The minimum atomic E-state index is -0.00239. The average molecular weight is 303 g/mol. The molecule has 22 heavy (non-hydrogen) atoms. The van der Waals surface area contributed by atoms with Gasteiger partial charge in [-0.25, -0.2) is 0 Å². The molecule has 2 fully saturated rings. The number of rotatable bonds is 1. The van der Waals surface area contributed by atoms with Gasteiger partial charge in [0.25, 0.3) is 0 Å². The molecule has 0 aromatic carbocycles. The van der Waals surface area contributed by atoms with Crippen LogP contribution < -0.4 is 10.6 Å². The second kappa shape index (κ2) is 5.06. The van der Waals surface area contributed by atoms with Crippen LogP contribution in [-0.4, -0.2) is 70.5 Å². The Hall–Kier alpha value is -1.93. The van der Waals surface area contributed by atoms with Crippen LogP contribution in [0.1, 0.15) is 12.8 Å². The predicted molar refractivity (Wildman–Crippen MR) is 83.7 cm³/mol. The number of piperidine rings is 1. The lowest BCUT2D eigenvalue weighted by atomic mass is 9.89. The van der Waals surface area contributed by atoms with E-state index in [0.717, 1.165) is 56.8 Å². The van der Waals surface area contributed by atoms with E-state index in [1.165, 1.54) is 0 Å². The summed E-state index contributed by atoms with van der Waals surface area (Å²) in [6.07, 6.45) is 3.76. The predicted octanol–water partition coefficient (Wildman–Crippen LogP) is 0.236. The van der Waals surface area contributed by atoms with Crippen molar-refractivity contribution < 1.29 is 4.74 Å². The maximum absolute atomic E-state index is 6.11. The minimum absolute atomic E-state index is 0.00239. The Morgan fingerprint density at radius 2 is 2.09 bits per heavy atom. The van der Waals surface area contributed by atoms with Gasteiger partial charge in [0.05, 0.1) is 23.8 Å². The van der Waals surface area contributed by atoms with Crippen LogP contribution in [0.15, 0.2) is 6.20 Å². The molecular weight excluding hydrogens is 282 g/mol. The first kappa shape index (κ1) is 13.7. The number of aromatic nitrogens is 4. The zero-order valence-electron chi connectivity index (χ0n) is 12.7. The van der Waals surface area contributed by atoms with E-state index in [-0.39, 0.29) is 11.5 Å². The summed E-state index contributed by atoms with van der Waals surface area (Å²) in [6, 6.07) is 0.